The molecule has 1 N–H and O–H groups in total. The summed E-state index contributed by atoms with van der Waals surface area (Å²) in [6, 6.07) is 0.661. The van der Waals surface area contributed by atoms with Gasteiger partial charge >= 0.3 is 0 Å². The average molecular weight is 228 g/mol. The molecule has 0 saturated carbocycles. The van der Waals surface area contributed by atoms with Crippen LogP contribution in [0.5, 0.6) is 0 Å². The molecule has 0 radical (unpaired) electrons. The molecule has 2 aliphatic rings. The molecule has 94 valence electrons. The Hall–Kier alpha value is -0.160. The van der Waals surface area contributed by atoms with E-state index in [0.29, 0.717) is 18.2 Å². The molecule has 0 aliphatic carbocycles. The van der Waals surface area contributed by atoms with Gasteiger partial charge in [-0.25, -0.2) is 0 Å². The minimum Gasteiger partial charge on any atom is -0.378 e. The molecule has 2 aliphatic heterocycles. The molecule has 4 heteroatoms. The van der Waals surface area contributed by atoms with E-state index in [1.807, 2.05) is 0 Å². The molecule has 0 aromatic heterocycles. The van der Waals surface area contributed by atoms with Gasteiger partial charge in [-0.1, -0.05) is 0 Å². The first-order chi connectivity index (χ1) is 7.75. The quantitative estimate of drug-likeness (QED) is 0.761. The molecule has 4 nitrogen and oxygen atoms in total. The second-order valence-electron chi connectivity index (χ2n) is 5.00. The molecular weight excluding hydrogens is 204 g/mol. The largest absolute Gasteiger partial charge is 0.378 e. The van der Waals surface area contributed by atoms with Gasteiger partial charge in [0.05, 0.1) is 18.8 Å². The summed E-state index contributed by atoms with van der Waals surface area (Å²) in [5.74, 6) is 0. The lowest BCUT2D eigenvalue weighted by atomic mass is 10.0. The van der Waals surface area contributed by atoms with Crippen LogP contribution in [-0.4, -0.2) is 63.0 Å². The van der Waals surface area contributed by atoms with Crippen molar-refractivity contribution in [2.24, 2.45) is 0 Å². The van der Waals surface area contributed by atoms with Gasteiger partial charge < -0.3 is 19.7 Å². The van der Waals surface area contributed by atoms with Crippen molar-refractivity contribution >= 4 is 0 Å². The maximum atomic E-state index is 5.73. The van der Waals surface area contributed by atoms with Gasteiger partial charge in [-0.2, -0.15) is 0 Å². The van der Waals surface area contributed by atoms with Gasteiger partial charge in [0, 0.05) is 32.3 Å². The van der Waals surface area contributed by atoms with E-state index in [4.69, 9.17) is 9.47 Å². The van der Waals surface area contributed by atoms with Gasteiger partial charge in [0.2, 0.25) is 0 Å². The first kappa shape index (κ1) is 12.3. The van der Waals surface area contributed by atoms with Crippen LogP contribution in [0.2, 0.25) is 0 Å². The molecule has 0 amide bonds. The van der Waals surface area contributed by atoms with Gasteiger partial charge in [-0.3, -0.25) is 0 Å². The zero-order valence-electron chi connectivity index (χ0n) is 10.4. The van der Waals surface area contributed by atoms with Crippen LogP contribution in [0.25, 0.3) is 0 Å². The third kappa shape index (κ3) is 3.42. The number of nitrogens with one attached hydrogen (secondary N) is 1. The lowest BCUT2D eigenvalue weighted by Crippen LogP contribution is -2.48. The van der Waals surface area contributed by atoms with Crippen LogP contribution in [-0.2, 0) is 9.47 Å². The highest BCUT2D eigenvalue weighted by Crippen LogP contribution is 2.18. The summed E-state index contributed by atoms with van der Waals surface area (Å²) in [5, 5.41) is 3.38. The van der Waals surface area contributed by atoms with Crippen molar-refractivity contribution in [2.75, 3.05) is 39.9 Å². The summed E-state index contributed by atoms with van der Waals surface area (Å²) in [5.41, 5.74) is 0. The fourth-order valence-corrected chi connectivity index (χ4v) is 2.58. The molecule has 2 heterocycles. The number of morpholine rings is 1. The Morgan fingerprint density at radius 3 is 2.88 bits per heavy atom. The molecular formula is C12H24N2O2. The highest BCUT2D eigenvalue weighted by molar-refractivity contribution is 4.79. The lowest BCUT2D eigenvalue weighted by molar-refractivity contribution is -0.0358. The van der Waals surface area contributed by atoms with Crippen LogP contribution in [0.4, 0.5) is 0 Å². The summed E-state index contributed by atoms with van der Waals surface area (Å²) < 4.78 is 11.3. The van der Waals surface area contributed by atoms with Crippen molar-refractivity contribution in [1.29, 1.82) is 0 Å². The molecule has 16 heavy (non-hydrogen) atoms. The molecule has 0 aromatic carbocycles. The van der Waals surface area contributed by atoms with Crippen LogP contribution in [0.1, 0.15) is 19.8 Å². The number of rotatable bonds is 3. The summed E-state index contributed by atoms with van der Waals surface area (Å²) in [6.45, 7) is 6.93. The van der Waals surface area contributed by atoms with Crippen molar-refractivity contribution in [3.05, 3.63) is 0 Å². The highest BCUT2D eigenvalue weighted by Gasteiger charge is 2.25. The third-order valence-electron chi connectivity index (χ3n) is 3.58. The first-order valence-corrected chi connectivity index (χ1v) is 6.40. The topological polar surface area (TPSA) is 33.7 Å². The number of hydrogen-bond donors (Lipinski definition) is 1. The van der Waals surface area contributed by atoms with E-state index in [9.17, 15) is 0 Å². The SMILES string of the molecule is CC1CC(N(C)CC2CNCCO2)CCO1. The second-order valence-corrected chi connectivity index (χ2v) is 5.00. The molecule has 2 rings (SSSR count). The Morgan fingerprint density at radius 1 is 1.31 bits per heavy atom. The van der Waals surface area contributed by atoms with Crippen LogP contribution in [0.3, 0.4) is 0 Å². The van der Waals surface area contributed by atoms with Crippen LogP contribution in [0, 0.1) is 0 Å². The Kier molecular flexibility index (Phi) is 4.58. The molecule has 3 atom stereocenters. The predicted octanol–water partition coefficient (Wildman–Crippen LogP) is 0.474. The lowest BCUT2D eigenvalue weighted by Gasteiger charge is -2.36. The second kappa shape index (κ2) is 5.96. The van der Waals surface area contributed by atoms with Crippen molar-refractivity contribution < 1.29 is 9.47 Å². The van der Waals surface area contributed by atoms with Gasteiger partial charge in [0.25, 0.3) is 0 Å². The van der Waals surface area contributed by atoms with Crippen molar-refractivity contribution in [2.45, 2.75) is 38.0 Å². The summed E-state index contributed by atoms with van der Waals surface area (Å²) in [4.78, 5) is 2.44. The van der Waals surface area contributed by atoms with Gasteiger partial charge in [0.15, 0.2) is 0 Å². The minimum atomic E-state index is 0.358. The third-order valence-corrected chi connectivity index (χ3v) is 3.58. The van der Waals surface area contributed by atoms with Gasteiger partial charge in [-0.15, -0.1) is 0 Å². The van der Waals surface area contributed by atoms with Crippen LogP contribution >= 0.6 is 0 Å². The Labute approximate surface area is 98.3 Å². The van der Waals surface area contributed by atoms with Crippen LogP contribution in [0.15, 0.2) is 0 Å². The number of ether oxygens (including phenoxy) is 2. The minimum absolute atomic E-state index is 0.358. The van der Waals surface area contributed by atoms with E-state index in [1.54, 1.807) is 0 Å². The van der Waals surface area contributed by atoms with Crippen molar-refractivity contribution in [1.82, 2.24) is 10.2 Å². The summed E-state index contributed by atoms with van der Waals surface area (Å²) in [6.07, 6.45) is 3.07. The Morgan fingerprint density at radius 2 is 2.19 bits per heavy atom. The number of likely N-dealkylation sites (N-methyl/N-ethyl adjacent to an activating group) is 1. The molecule has 3 unspecified atom stereocenters. The first-order valence-electron chi connectivity index (χ1n) is 6.40. The average Bonchev–Trinajstić information content (AvgIpc) is 2.30. The number of hydrogen-bond acceptors (Lipinski definition) is 4. The molecule has 0 aromatic rings. The van der Waals surface area contributed by atoms with E-state index in [2.05, 4.69) is 24.2 Å². The van der Waals surface area contributed by atoms with Gasteiger partial charge in [0.1, 0.15) is 0 Å². The Balaban J connectivity index is 1.75. The van der Waals surface area contributed by atoms with E-state index in [0.717, 1.165) is 45.7 Å². The van der Waals surface area contributed by atoms with Crippen molar-refractivity contribution in [3.8, 4) is 0 Å². The predicted molar refractivity (Wildman–Crippen MR) is 63.7 cm³/mol. The maximum Gasteiger partial charge on any atom is 0.0826 e. The molecule has 0 bridgehead atoms. The zero-order valence-corrected chi connectivity index (χ0v) is 10.4. The smallest absolute Gasteiger partial charge is 0.0826 e. The zero-order chi connectivity index (χ0) is 11.4. The van der Waals surface area contributed by atoms with E-state index in [1.165, 1.54) is 0 Å². The monoisotopic (exact) mass is 228 g/mol. The summed E-state index contributed by atoms with van der Waals surface area (Å²) in [7, 11) is 2.21. The van der Waals surface area contributed by atoms with Gasteiger partial charge in [-0.05, 0) is 26.8 Å². The number of nitrogens with zero attached hydrogens (tertiary/aromatic N) is 1. The molecule has 0 spiro atoms. The molecule has 2 fully saturated rings. The van der Waals surface area contributed by atoms with E-state index < -0.39 is 0 Å². The van der Waals surface area contributed by atoms with E-state index >= 15 is 0 Å². The van der Waals surface area contributed by atoms with Crippen LogP contribution < -0.4 is 5.32 Å². The normalized spacial score (nSPS) is 36.6. The maximum absolute atomic E-state index is 5.73. The molecule has 2 saturated heterocycles. The summed E-state index contributed by atoms with van der Waals surface area (Å²) >= 11 is 0. The highest BCUT2D eigenvalue weighted by atomic mass is 16.5. The van der Waals surface area contributed by atoms with Crippen molar-refractivity contribution in [3.63, 3.8) is 0 Å². The fourth-order valence-electron chi connectivity index (χ4n) is 2.58. The Bertz CT molecular complexity index is 207. The fraction of sp³-hybridized carbons (Fsp3) is 1.00. The van der Waals surface area contributed by atoms with E-state index in [-0.39, 0.29) is 0 Å². The standard InChI is InChI=1S/C12H24N2O2/c1-10-7-11(3-5-15-10)14(2)9-12-8-13-4-6-16-12/h10-13H,3-9H2,1-2H3.